The number of likely N-dealkylation sites (N-methyl/N-ethyl adjacent to an activating group) is 1. The molecule has 196 valence electrons. The van der Waals surface area contributed by atoms with Crippen LogP contribution < -0.4 is 9.47 Å². The van der Waals surface area contributed by atoms with Gasteiger partial charge in [-0.15, -0.1) is 0 Å². The number of amides is 1. The molecular weight excluding hydrogens is 451 g/mol. The van der Waals surface area contributed by atoms with Gasteiger partial charge in [0.05, 0.1) is 24.9 Å². The van der Waals surface area contributed by atoms with Crippen molar-refractivity contribution < 1.29 is 23.4 Å². The van der Waals surface area contributed by atoms with Crippen LogP contribution in [0, 0.1) is 12.7 Å². The first-order chi connectivity index (χ1) is 16.6. The lowest BCUT2D eigenvalue weighted by atomic mass is 10.2. The van der Waals surface area contributed by atoms with E-state index in [-0.39, 0.29) is 11.4 Å². The molecule has 0 saturated carbocycles. The molecular formula is C26H41FN4O4. The van der Waals surface area contributed by atoms with Crippen LogP contribution in [-0.2, 0) is 9.53 Å². The van der Waals surface area contributed by atoms with Crippen molar-refractivity contribution in [3.63, 3.8) is 0 Å². The molecule has 0 saturated heterocycles. The second-order valence-electron chi connectivity index (χ2n) is 8.02. The summed E-state index contributed by atoms with van der Waals surface area (Å²) in [5, 5.41) is 0. The Morgan fingerprint density at radius 3 is 2.26 bits per heavy atom. The van der Waals surface area contributed by atoms with Gasteiger partial charge in [-0.2, -0.15) is 0 Å². The summed E-state index contributed by atoms with van der Waals surface area (Å²) in [7, 11) is 3.38. The van der Waals surface area contributed by atoms with Crippen LogP contribution in [0.1, 0.15) is 47.1 Å². The average molecular weight is 493 g/mol. The van der Waals surface area contributed by atoms with E-state index in [1.807, 2.05) is 54.7 Å². The minimum atomic E-state index is -0.289. The predicted molar refractivity (Wildman–Crippen MR) is 138 cm³/mol. The standard InChI is InChI=1S/C10H12FNO2.C9H11N3O.C5H12O.C2H6/c1-12(8-13)6-7-14-10-4-2-9(11)3-5-10;1-3-13-7-5-11-9-8(12-7)6(2)4-10-9;1-5(2,3)6-4;1-2/h2-5,8H,6-7H2,1H3;4-5H,3H2,1-2H3,(H,10,11);1-4H3;1-2H3. The molecule has 8 nitrogen and oxygen atoms in total. The summed E-state index contributed by atoms with van der Waals surface area (Å²) < 4.78 is 27.9. The van der Waals surface area contributed by atoms with Crippen molar-refractivity contribution in [2.45, 2.75) is 54.1 Å². The number of aryl methyl sites for hydroxylation is 1. The number of nitrogens with zero attached hydrogens (tertiary/aromatic N) is 3. The number of hydrogen-bond acceptors (Lipinski definition) is 6. The number of ether oxygens (including phenoxy) is 3. The zero-order chi connectivity index (χ0) is 26.9. The second-order valence-corrected chi connectivity index (χ2v) is 8.02. The SMILES string of the molecule is CC.CCOc1cnc2[nH]cc(C)c2n1.CN(C=O)CCOc1ccc(F)cc1.COC(C)(C)C. The number of aromatic amines is 1. The zero-order valence-electron chi connectivity index (χ0n) is 22.5. The Hall–Kier alpha value is -3.20. The van der Waals surface area contributed by atoms with Crippen LogP contribution in [-0.4, -0.2) is 65.8 Å². The second kappa shape index (κ2) is 17.3. The summed E-state index contributed by atoms with van der Waals surface area (Å²) in [6.07, 6.45) is 4.25. The molecule has 1 aromatic carbocycles. The number of halogens is 1. The van der Waals surface area contributed by atoms with Crippen molar-refractivity contribution in [1.29, 1.82) is 0 Å². The monoisotopic (exact) mass is 492 g/mol. The van der Waals surface area contributed by atoms with Crippen molar-refractivity contribution >= 4 is 17.6 Å². The number of methoxy groups -OCH3 is 1. The highest BCUT2D eigenvalue weighted by Gasteiger charge is 2.04. The first-order valence-electron chi connectivity index (χ1n) is 11.6. The summed E-state index contributed by atoms with van der Waals surface area (Å²) in [4.78, 5) is 23.2. The van der Waals surface area contributed by atoms with Gasteiger partial charge in [0, 0.05) is 20.4 Å². The van der Waals surface area contributed by atoms with Gasteiger partial charge in [0.25, 0.3) is 0 Å². The van der Waals surface area contributed by atoms with E-state index in [0.29, 0.717) is 31.4 Å². The van der Waals surface area contributed by atoms with Gasteiger partial charge in [-0.25, -0.2) is 14.4 Å². The molecule has 0 spiro atoms. The minimum absolute atomic E-state index is 0.0417. The third-order valence-electron chi connectivity index (χ3n) is 4.16. The Balaban J connectivity index is 0.000000512. The van der Waals surface area contributed by atoms with Gasteiger partial charge in [0.1, 0.15) is 23.7 Å². The summed E-state index contributed by atoms with van der Waals surface area (Å²) >= 11 is 0. The van der Waals surface area contributed by atoms with Gasteiger partial charge < -0.3 is 24.1 Å². The highest BCUT2D eigenvalue weighted by Crippen LogP contribution is 2.15. The molecule has 1 N–H and O–H groups in total. The maximum absolute atomic E-state index is 12.5. The van der Waals surface area contributed by atoms with Crippen LogP contribution in [0.3, 0.4) is 0 Å². The summed E-state index contributed by atoms with van der Waals surface area (Å²) in [6, 6.07) is 5.77. The molecule has 0 fully saturated rings. The smallest absolute Gasteiger partial charge is 0.233 e. The van der Waals surface area contributed by atoms with Crippen LogP contribution in [0.5, 0.6) is 11.6 Å². The number of hydrogen-bond donors (Lipinski definition) is 1. The van der Waals surface area contributed by atoms with Crippen LogP contribution >= 0.6 is 0 Å². The van der Waals surface area contributed by atoms with Crippen LogP contribution in [0.4, 0.5) is 4.39 Å². The lowest BCUT2D eigenvalue weighted by Crippen LogP contribution is -2.22. The number of nitrogens with one attached hydrogen (secondary N) is 1. The minimum Gasteiger partial charge on any atom is -0.492 e. The van der Waals surface area contributed by atoms with Gasteiger partial charge in [-0.3, -0.25) is 4.79 Å². The largest absolute Gasteiger partial charge is 0.492 e. The van der Waals surface area contributed by atoms with E-state index in [0.717, 1.165) is 23.1 Å². The van der Waals surface area contributed by atoms with E-state index in [1.165, 1.54) is 17.0 Å². The number of aromatic nitrogens is 3. The number of fused-ring (bicyclic) bond motifs is 1. The Bertz CT molecular complexity index is 956. The fourth-order valence-electron chi connectivity index (χ4n) is 2.11. The molecule has 0 atom stereocenters. The van der Waals surface area contributed by atoms with Crippen molar-refractivity contribution in [3.8, 4) is 11.6 Å². The molecule has 1 amide bonds. The summed E-state index contributed by atoms with van der Waals surface area (Å²) in [5.41, 5.74) is 2.82. The Kier molecular flexibility index (Phi) is 15.7. The molecule has 0 radical (unpaired) electrons. The highest BCUT2D eigenvalue weighted by molar-refractivity contribution is 5.74. The molecule has 0 aliphatic rings. The third-order valence-corrected chi connectivity index (χ3v) is 4.16. The van der Waals surface area contributed by atoms with E-state index < -0.39 is 0 Å². The Labute approximate surface area is 208 Å². The van der Waals surface area contributed by atoms with Gasteiger partial charge >= 0.3 is 0 Å². The summed E-state index contributed by atoms with van der Waals surface area (Å²) in [6.45, 7) is 15.5. The molecule has 0 aliphatic heterocycles. The maximum Gasteiger partial charge on any atom is 0.233 e. The number of benzene rings is 1. The van der Waals surface area contributed by atoms with Crippen LogP contribution in [0.2, 0.25) is 0 Å². The fraction of sp³-hybridized carbons (Fsp3) is 0.500. The molecule has 35 heavy (non-hydrogen) atoms. The predicted octanol–water partition coefficient (Wildman–Crippen LogP) is 5.42. The fourth-order valence-corrected chi connectivity index (χ4v) is 2.11. The highest BCUT2D eigenvalue weighted by atomic mass is 19.1. The normalized spacial score (nSPS) is 10.0. The van der Waals surface area contributed by atoms with Crippen molar-refractivity contribution in [2.75, 3.05) is 33.9 Å². The third kappa shape index (κ3) is 13.9. The molecule has 2 heterocycles. The Morgan fingerprint density at radius 1 is 1.14 bits per heavy atom. The summed E-state index contributed by atoms with van der Waals surface area (Å²) in [5.74, 6) is 0.894. The van der Waals surface area contributed by atoms with Gasteiger partial charge in [0.2, 0.25) is 12.3 Å². The van der Waals surface area contributed by atoms with Crippen molar-refractivity contribution in [1.82, 2.24) is 19.9 Å². The molecule has 3 rings (SSSR count). The maximum atomic E-state index is 12.5. The first-order valence-corrected chi connectivity index (χ1v) is 11.6. The molecule has 0 bridgehead atoms. The van der Waals surface area contributed by atoms with Gasteiger partial charge in [-0.05, 0) is 64.4 Å². The van der Waals surface area contributed by atoms with Crippen LogP contribution in [0.25, 0.3) is 11.2 Å². The zero-order valence-corrected chi connectivity index (χ0v) is 22.5. The quantitative estimate of drug-likeness (QED) is 0.443. The number of H-pyrrole nitrogens is 1. The van der Waals surface area contributed by atoms with Gasteiger partial charge in [-0.1, -0.05) is 13.8 Å². The molecule has 3 aromatic rings. The Morgan fingerprint density at radius 2 is 1.74 bits per heavy atom. The van der Waals surface area contributed by atoms with Crippen molar-refractivity contribution in [2.24, 2.45) is 0 Å². The lowest BCUT2D eigenvalue weighted by Gasteiger charge is -2.14. The number of rotatable bonds is 7. The lowest BCUT2D eigenvalue weighted by molar-refractivity contribution is -0.117. The van der Waals surface area contributed by atoms with Crippen LogP contribution in [0.15, 0.2) is 36.7 Å². The van der Waals surface area contributed by atoms with Crippen molar-refractivity contribution in [3.05, 3.63) is 48.0 Å². The first kappa shape index (κ1) is 31.8. The van der Waals surface area contributed by atoms with Gasteiger partial charge in [0.15, 0.2) is 5.65 Å². The van der Waals surface area contributed by atoms with E-state index in [1.54, 1.807) is 32.5 Å². The molecule has 0 unspecified atom stereocenters. The molecule has 9 heteroatoms. The van der Waals surface area contributed by atoms with E-state index in [4.69, 9.17) is 14.2 Å². The molecule has 2 aromatic heterocycles. The number of carbonyl (C=O) groups excluding carboxylic acids is 1. The average Bonchev–Trinajstić information content (AvgIpc) is 3.22. The van der Waals surface area contributed by atoms with E-state index in [9.17, 15) is 9.18 Å². The topological polar surface area (TPSA) is 89.6 Å². The number of carbonyl (C=O) groups is 1. The van der Waals surface area contributed by atoms with E-state index >= 15 is 0 Å². The molecule has 0 aliphatic carbocycles. The van der Waals surface area contributed by atoms with E-state index in [2.05, 4.69) is 15.0 Å².